The minimum Gasteiger partial charge on any atom is -0.211 e. The second-order valence-electron chi connectivity index (χ2n) is 3.81. The van der Waals surface area contributed by atoms with Gasteiger partial charge in [0.05, 0.1) is 5.54 Å². The highest BCUT2D eigenvalue weighted by Gasteiger charge is 2.45. The van der Waals surface area contributed by atoms with Gasteiger partial charge in [-0.05, 0) is 42.3 Å². The lowest BCUT2D eigenvalue weighted by atomic mass is 10.1. The van der Waals surface area contributed by atoms with E-state index in [2.05, 4.69) is 4.99 Å². The number of nitrogens with zero attached hydrogens (tertiary/aromatic N) is 1. The van der Waals surface area contributed by atoms with Gasteiger partial charge >= 0.3 is 5.51 Å². The van der Waals surface area contributed by atoms with Gasteiger partial charge in [0, 0.05) is 4.90 Å². The van der Waals surface area contributed by atoms with Crippen LogP contribution in [-0.2, 0) is 10.3 Å². The monoisotopic (exact) mass is 259 g/mol. The van der Waals surface area contributed by atoms with Crippen molar-refractivity contribution >= 4 is 17.8 Å². The largest absolute Gasteiger partial charge is 0.446 e. The number of rotatable bonds is 3. The molecule has 1 saturated carbocycles. The molecule has 2 rings (SSSR count). The van der Waals surface area contributed by atoms with Crippen LogP contribution in [0.25, 0.3) is 0 Å². The van der Waals surface area contributed by atoms with Gasteiger partial charge in [0.15, 0.2) is 0 Å². The lowest BCUT2D eigenvalue weighted by Crippen LogP contribution is -2.03. The van der Waals surface area contributed by atoms with E-state index in [-0.39, 0.29) is 16.7 Å². The number of hydrogen-bond donors (Lipinski definition) is 0. The zero-order valence-corrected chi connectivity index (χ0v) is 9.44. The number of benzene rings is 1. The fourth-order valence-electron chi connectivity index (χ4n) is 1.65. The molecule has 1 aromatic rings. The molecule has 0 unspecified atom stereocenters. The third-order valence-electron chi connectivity index (χ3n) is 2.59. The van der Waals surface area contributed by atoms with Crippen molar-refractivity contribution in [2.45, 2.75) is 28.8 Å². The van der Waals surface area contributed by atoms with Gasteiger partial charge in [0.2, 0.25) is 6.08 Å². The lowest BCUT2D eigenvalue weighted by Gasteiger charge is -2.11. The van der Waals surface area contributed by atoms with Crippen LogP contribution in [0, 0.1) is 0 Å². The van der Waals surface area contributed by atoms with Gasteiger partial charge in [0.1, 0.15) is 0 Å². The van der Waals surface area contributed by atoms with Crippen molar-refractivity contribution < 1.29 is 18.0 Å². The minimum absolute atomic E-state index is 0.113. The molecule has 0 N–H and O–H groups in total. The van der Waals surface area contributed by atoms with Crippen LogP contribution in [0.2, 0.25) is 0 Å². The third-order valence-corrected chi connectivity index (χ3v) is 3.31. The molecular formula is C11H8F3NOS. The molecule has 0 bridgehead atoms. The quantitative estimate of drug-likeness (QED) is 0.471. The van der Waals surface area contributed by atoms with Crippen molar-refractivity contribution in [2.75, 3.05) is 0 Å². The van der Waals surface area contributed by atoms with Gasteiger partial charge in [-0.25, -0.2) is 4.79 Å². The Morgan fingerprint density at radius 3 is 2.59 bits per heavy atom. The van der Waals surface area contributed by atoms with Gasteiger partial charge in [0.25, 0.3) is 0 Å². The maximum absolute atomic E-state index is 12.2. The summed E-state index contributed by atoms with van der Waals surface area (Å²) in [6, 6.07) is 6.06. The topological polar surface area (TPSA) is 29.4 Å². The van der Waals surface area contributed by atoms with Crippen LogP contribution in [-0.4, -0.2) is 11.6 Å². The number of carbonyl (C=O) groups excluding carboxylic acids is 1. The van der Waals surface area contributed by atoms with E-state index in [9.17, 15) is 18.0 Å². The van der Waals surface area contributed by atoms with Crippen LogP contribution in [0.15, 0.2) is 34.2 Å². The predicted octanol–water partition coefficient (Wildman–Crippen LogP) is 3.62. The van der Waals surface area contributed by atoms with E-state index >= 15 is 0 Å². The van der Waals surface area contributed by atoms with Crippen LogP contribution in [0.3, 0.4) is 0 Å². The molecule has 90 valence electrons. The van der Waals surface area contributed by atoms with E-state index < -0.39 is 11.0 Å². The van der Waals surface area contributed by atoms with E-state index in [4.69, 9.17) is 0 Å². The average Bonchev–Trinajstić information content (AvgIpc) is 2.97. The predicted molar refractivity (Wildman–Crippen MR) is 57.4 cm³/mol. The molecule has 1 aromatic carbocycles. The lowest BCUT2D eigenvalue weighted by molar-refractivity contribution is -0.0328. The summed E-state index contributed by atoms with van der Waals surface area (Å²) in [6.07, 6.45) is 2.85. The minimum atomic E-state index is -4.30. The normalized spacial score (nSPS) is 17.4. The SMILES string of the molecule is O=C=NC1(c2cccc(SC(F)(F)F)c2)CC1. The molecule has 0 spiro atoms. The van der Waals surface area contributed by atoms with Crippen LogP contribution in [0.5, 0.6) is 0 Å². The van der Waals surface area contributed by atoms with Crippen LogP contribution in [0.4, 0.5) is 13.2 Å². The molecule has 1 fully saturated rings. The molecule has 0 atom stereocenters. The maximum atomic E-state index is 12.2. The first-order valence-corrected chi connectivity index (χ1v) is 5.72. The summed E-state index contributed by atoms with van der Waals surface area (Å²) in [5.41, 5.74) is -4.28. The number of halogens is 3. The first-order chi connectivity index (χ1) is 7.95. The highest BCUT2D eigenvalue weighted by Crippen LogP contribution is 2.50. The zero-order valence-electron chi connectivity index (χ0n) is 8.62. The Morgan fingerprint density at radius 1 is 1.35 bits per heavy atom. The molecule has 0 heterocycles. The molecule has 0 aliphatic heterocycles. The standard InChI is InChI=1S/C11H8F3NOS/c12-11(13,14)17-9-3-1-2-8(6-9)10(4-5-10)15-7-16/h1-3,6H,4-5H2. The number of aliphatic imine (C=N–C) groups is 1. The summed E-state index contributed by atoms with van der Waals surface area (Å²) < 4.78 is 36.6. The molecule has 1 aliphatic carbocycles. The Morgan fingerprint density at radius 2 is 2.06 bits per heavy atom. The van der Waals surface area contributed by atoms with E-state index in [0.717, 1.165) is 0 Å². The van der Waals surface area contributed by atoms with E-state index in [1.807, 2.05) is 0 Å². The van der Waals surface area contributed by atoms with Crippen molar-refractivity contribution in [3.05, 3.63) is 29.8 Å². The summed E-state index contributed by atoms with van der Waals surface area (Å²) >= 11 is -0.163. The second-order valence-corrected chi connectivity index (χ2v) is 4.95. The van der Waals surface area contributed by atoms with Crippen molar-refractivity contribution in [3.8, 4) is 0 Å². The smallest absolute Gasteiger partial charge is 0.211 e. The number of hydrogen-bond acceptors (Lipinski definition) is 3. The highest BCUT2D eigenvalue weighted by atomic mass is 32.2. The van der Waals surface area contributed by atoms with Crippen LogP contribution >= 0.6 is 11.8 Å². The number of thioether (sulfide) groups is 1. The van der Waals surface area contributed by atoms with Gasteiger partial charge in [-0.1, -0.05) is 12.1 Å². The van der Waals surface area contributed by atoms with Crippen molar-refractivity contribution in [3.63, 3.8) is 0 Å². The van der Waals surface area contributed by atoms with Crippen molar-refractivity contribution in [1.82, 2.24) is 0 Å². The van der Waals surface area contributed by atoms with Gasteiger partial charge in [-0.3, -0.25) is 0 Å². The number of alkyl halides is 3. The Balaban J connectivity index is 2.26. The summed E-state index contributed by atoms with van der Waals surface area (Å²) in [7, 11) is 0. The van der Waals surface area contributed by atoms with E-state index in [1.54, 1.807) is 12.1 Å². The molecule has 0 radical (unpaired) electrons. The molecule has 0 saturated heterocycles. The maximum Gasteiger partial charge on any atom is 0.446 e. The summed E-state index contributed by atoms with van der Waals surface area (Å²) in [5, 5.41) is 0. The Labute approximate surface area is 99.9 Å². The van der Waals surface area contributed by atoms with Crippen LogP contribution < -0.4 is 0 Å². The second kappa shape index (κ2) is 4.20. The molecule has 0 amide bonds. The number of isocyanates is 1. The highest BCUT2D eigenvalue weighted by molar-refractivity contribution is 8.00. The van der Waals surface area contributed by atoms with Crippen molar-refractivity contribution in [1.29, 1.82) is 0 Å². The Hall–Kier alpha value is -1.26. The zero-order chi connectivity index (χ0) is 12.5. The molecule has 1 aliphatic rings. The van der Waals surface area contributed by atoms with E-state index in [1.165, 1.54) is 18.2 Å². The van der Waals surface area contributed by atoms with Crippen molar-refractivity contribution in [2.24, 2.45) is 4.99 Å². The average molecular weight is 259 g/mol. The molecule has 17 heavy (non-hydrogen) atoms. The Bertz CT molecular complexity index is 476. The van der Waals surface area contributed by atoms with E-state index in [0.29, 0.717) is 18.4 Å². The summed E-state index contributed by atoms with van der Waals surface area (Å²) in [5.74, 6) is 0. The van der Waals surface area contributed by atoms with Gasteiger partial charge in [-0.2, -0.15) is 18.2 Å². The fourth-order valence-corrected chi connectivity index (χ4v) is 2.25. The fraction of sp³-hybridized carbons (Fsp3) is 0.364. The summed E-state index contributed by atoms with van der Waals surface area (Å²) in [4.78, 5) is 14.1. The third kappa shape index (κ3) is 2.90. The molecule has 6 heteroatoms. The summed E-state index contributed by atoms with van der Waals surface area (Å²) in [6.45, 7) is 0. The molecule has 0 aromatic heterocycles. The Kier molecular flexibility index (Phi) is 3.02. The van der Waals surface area contributed by atoms with Gasteiger partial charge in [-0.15, -0.1) is 0 Å². The first-order valence-electron chi connectivity index (χ1n) is 4.91. The first kappa shape index (κ1) is 12.2. The molecular weight excluding hydrogens is 251 g/mol. The van der Waals surface area contributed by atoms with Gasteiger partial charge < -0.3 is 0 Å². The molecule has 2 nitrogen and oxygen atoms in total. The van der Waals surface area contributed by atoms with Crippen LogP contribution in [0.1, 0.15) is 18.4 Å².